The second-order valence-electron chi connectivity index (χ2n) is 15.6. The van der Waals surface area contributed by atoms with Crippen LogP contribution in [0.15, 0.2) is 48.7 Å². The first-order valence-electron chi connectivity index (χ1n) is 19.9. The smallest absolute Gasteiger partial charge is 0.407 e. The summed E-state index contributed by atoms with van der Waals surface area (Å²) in [6, 6.07) is 14.9. The highest BCUT2D eigenvalue weighted by Gasteiger charge is 2.39. The van der Waals surface area contributed by atoms with Gasteiger partial charge in [-0.2, -0.15) is 0 Å². The highest BCUT2D eigenvalue weighted by Crippen LogP contribution is 2.44. The summed E-state index contributed by atoms with van der Waals surface area (Å²) in [6.45, 7) is 8.82. The zero-order chi connectivity index (χ0) is 38.4. The minimum atomic E-state index is -0.633. The number of H-pyrrole nitrogens is 2. The lowest BCUT2D eigenvalue weighted by molar-refractivity contribution is -0.135. The van der Waals surface area contributed by atoms with Gasteiger partial charge in [0.25, 0.3) is 0 Å². The number of aromatic amines is 2. The van der Waals surface area contributed by atoms with E-state index in [9.17, 15) is 14.4 Å². The molecule has 3 aliphatic rings. The summed E-state index contributed by atoms with van der Waals surface area (Å²) in [4.78, 5) is 59.3. The van der Waals surface area contributed by atoms with Crippen molar-refractivity contribution >= 4 is 39.7 Å². The fraction of sp³-hybridized carbons (Fsp3) is 0.465. The van der Waals surface area contributed by atoms with Crippen LogP contribution in [-0.2, 0) is 20.9 Å². The number of rotatable bonds is 10. The van der Waals surface area contributed by atoms with E-state index >= 15 is 0 Å². The largest absolute Gasteiger partial charge is 0.488 e. The third-order valence-corrected chi connectivity index (χ3v) is 12.1. The maximum Gasteiger partial charge on any atom is 0.407 e. The van der Waals surface area contributed by atoms with Crippen molar-refractivity contribution in [1.29, 1.82) is 0 Å². The molecule has 3 amide bonds. The van der Waals surface area contributed by atoms with E-state index in [1.165, 1.54) is 7.11 Å². The van der Waals surface area contributed by atoms with Gasteiger partial charge in [0, 0.05) is 29.5 Å². The Balaban J connectivity index is 1.04. The van der Waals surface area contributed by atoms with Gasteiger partial charge >= 0.3 is 6.09 Å². The Morgan fingerprint density at radius 1 is 0.964 bits per heavy atom. The summed E-state index contributed by atoms with van der Waals surface area (Å²) in [5.74, 6) is 2.84. The quantitative estimate of drug-likeness (QED) is 0.130. The van der Waals surface area contributed by atoms with Crippen LogP contribution in [-0.4, -0.2) is 73.4 Å². The third-order valence-electron chi connectivity index (χ3n) is 12.1. The number of ether oxygens (including phenoxy) is 2. The van der Waals surface area contributed by atoms with Gasteiger partial charge in [0.15, 0.2) is 0 Å². The summed E-state index contributed by atoms with van der Waals surface area (Å²) in [5, 5.41) is 4.57. The van der Waals surface area contributed by atoms with E-state index in [0.29, 0.717) is 18.9 Å². The molecule has 5 atom stereocenters. The zero-order valence-corrected chi connectivity index (χ0v) is 32.4. The molecule has 0 spiro atoms. The molecule has 55 heavy (non-hydrogen) atoms. The normalized spacial score (nSPS) is 21.0. The summed E-state index contributed by atoms with van der Waals surface area (Å²) in [7, 11) is 1.28. The Labute approximate surface area is 321 Å². The van der Waals surface area contributed by atoms with Crippen LogP contribution < -0.4 is 10.1 Å². The van der Waals surface area contributed by atoms with Gasteiger partial charge in [-0.25, -0.2) is 14.8 Å². The zero-order valence-electron chi connectivity index (χ0n) is 32.4. The van der Waals surface area contributed by atoms with Crippen molar-refractivity contribution in [3.8, 4) is 28.1 Å². The fourth-order valence-corrected chi connectivity index (χ4v) is 8.97. The van der Waals surface area contributed by atoms with Gasteiger partial charge in [-0.15, -0.1) is 0 Å². The van der Waals surface area contributed by atoms with E-state index in [4.69, 9.17) is 14.7 Å². The van der Waals surface area contributed by atoms with Gasteiger partial charge in [-0.05, 0) is 91.3 Å². The molecular weight excluding hydrogens is 695 g/mol. The summed E-state index contributed by atoms with van der Waals surface area (Å²) in [6.07, 6.45) is 8.47. The number of carbonyl (C=O) groups excluding carboxylic acids is 3. The van der Waals surface area contributed by atoms with Crippen LogP contribution in [0.3, 0.4) is 0 Å². The van der Waals surface area contributed by atoms with E-state index in [2.05, 4.69) is 82.1 Å². The van der Waals surface area contributed by atoms with Gasteiger partial charge in [0.2, 0.25) is 11.8 Å². The third kappa shape index (κ3) is 6.80. The molecule has 2 unspecified atom stereocenters. The number of amides is 3. The number of imidazole rings is 2. The molecule has 12 nitrogen and oxygen atoms in total. The van der Waals surface area contributed by atoms with Gasteiger partial charge in [0.05, 0.1) is 42.1 Å². The maximum absolute atomic E-state index is 13.6. The molecule has 12 heteroatoms. The number of likely N-dealkylation sites (tertiary alicyclic amines) is 2. The standard InChI is InChI=1S/C43H51N7O5/c1-6-8-29-12-16-35(50(29)38(51)17-24(3)7-2)41-44-21-34(47-41)27-10-13-30-28(18-27)23-55-37-20-31-26(19-32(30)37)11-14-33-40(31)48-42(46-33)36-15-9-25(4)49(36)39(52)22-45-43(53)54-5/h10-11,13-14,18-21,24-25,29,35-36H,6-9,12,15-17,22-23H2,1-5H3,(H,44,47)(H,45,53)(H,46,48)/t24?,25-,29-,35-,36?/m0/s1. The molecule has 2 fully saturated rings. The summed E-state index contributed by atoms with van der Waals surface area (Å²) < 4.78 is 11.1. The molecule has 0 saturated carbocycles. The predicted octanol–water partition coefficient (Wildman–Crippen LogP) is 8.34. The van der Waals surface area contributed by atoms with Gasteiger partial charge < -0.3 is 34.6 Å². The second-order valence-corrected chi connectivity index (χ2v) is 15.6. The topological polar surface area (TPSA) is 146 Å². The number of aromatic nitrogens is 4. The lowest BCUT2D eigenvalue weighted by atomic mass is 9.92. The van der Waals surface area contributed by atoms with Crippen LogP contribution in [0.1, 0.15) is 108 Å². The first kappa shape index (κ1) is 36.6. The number of benzene rings is 3. The minimum Gasteiger partial charge on any atom is -0.488 e. The Bertz CT molecular complexity index is 2260. The van der Waals surface area contributed by atoms with Crippen molar-refractivity contribution in [3.63, 3.8) is 0 Å². The van der Waals surface area contributed by atoms with Crippen LogP contribution in [0, 0.1) is 5.92 Å². The summed E-state index contributed by atoms with van der Waals surface area (Å²) >= 11 is 0. The molecule has 0 radical (unpaired) electrons. The minimum absolute atomic E-state index is 0.0178. The van der Waals surface area contributed by atoms with Crippen molar-refractivity contribution in [2.75, 3.05) is 13.7 Å². The second kappa shape index (κ2) is 15.0. The molecule has 2 aromatic heterocycles. The molecular formula is C43H51N7O5. The molecule has 3 aromatic carbocycles. The van der Waals surface area contributed by atoms with Crippen molar-refractivity contribution in [2.24, 2.45) is 5.92 Å². The molecule has 8 rings (SSSR count). The Kier molecular flexibility index (Phi) is 10.00. The Morgan fingerprint density at radius 2 is 1.78 bits per heavy atom. The Hall–Kier alpha value is -5.39. The number of hydrogen-bond acceptors (Lipinski definition) is 7. The van der Waals surface area contributed by atoms with E-state index < -0.39 is 6.09 Å². The Morgan fingerprint density at radius 3 is 2.58 bits per heavy atom. The van der Waals surface area contributed by atoms with Crippen molar-refractivity contribution in [1.82, 2.24) is 35.1 Å². The highest BCUT2D eigenvalue weighted by molar-refractivity contribution is 6.07. The lowest BCUT2D eigenvalue weighted by Gasteiger charge is -2.30. The fourth-order valence-electron chi connectivity index (χ4n) is 8.97. The monoisotopic (exact) mass is 745 g/mol. The van der Waals surface area contributed by atoms with Crippen LogP contribution in [0.4, 0.5) is 4.79 Å². The van der Waals surface area contributed by atoms with E-state index in [1.807, 2.05) is 24.1 Å². The van der Waals surface area contributed by atoms with Crippen molar-refractivity contribution in [2.45, 2.75) is 110 Å². The average Bonchev–Trinajstić information content (AvgIpc) is 4.01. The van der Waals surface area contributed by atoms with Crippen LogP contribution in [0.2, 0.25) is 0 Å². The predicted molar refractivity (Wildman–Crippen MR) is 211 cm³/mol. The SMILES string of the molecule is CCC[C@H]1CC[C@@H](c2ncc(-c3ccc4c(c3)COc3cc5c(ccc6nc(C7CC[C@H](C)N7C(=O)CNC(=O)OC)[nH]c65)cc3-4)[nH]2)N1C(=O)CC(C)CC. The van der Waals surface area contributed by atoms with Crippen molar-refractivity contribution in [3.05, 3.63) is 65.9 Å². The van der Waals surface area contributed by atoms with Crippen LogP contribution in [0.25, 0.3) is 44.2 Å². The molecule has 3 aliphatic heterocycles. The molecule has 5 heterocycles. The maximum atomic E-state index is 13.6. The number of hydrogen-bond donors (Lipinski definition) is 3. The molecule has 5 aromatic rings. The van der Waals surface area contributed by atoms with E-state index in [1.54, 1.807) is 0 Å². The first-order chi connectivity index (χ1) is 26.7. The van der Waals surface area contributed by atoms with Gasteiger partial charge in [-0.3, -0.25) is 9.59 Å². The molecule has 0 aliphatic carbocycles. The van der Waals surface area contributed by atoms with Crippen LogP contribution in [0.5, 0.6) is 5.75 Å². The van der Waals surface area contributed by atoms with Crippen molar-refractivity contribution < 1.29 is 23.9 Å². The number of nitrogens with one attached hydrogen (secondary N) is 3. The molecule has 3 N–H and O–H groups in total. The van der Waals surface area contributed by atoms with E-state index in [-0.39, 0.29) is 42.5 Å². The van der Waals surface area contributed by atoms with E-state index in [0.717, 1.165) is 112 Å². The lowest BCUT2D eigenvalue weighted by Crippen LogP contribution is -2.43. The number of fused-ring (bicyclic) bond motifs is 6. The molecule has 288 valence electrons. The highest BCUT2D eigenvalue weighted by atomic mass is 16.5. The average molecular weight is 746 g/mol. The van der Waals surface area contributed by atoms with Crippen LogP contribution >= 0.6 is 0 Å². The number of methoxy groups -OCH3 is 1. The number of carbonyl (C=O) groups is 3. The molecule has 2 saturated heterocycles. The first-order valence-corrected chi connectivity index (χ1v) is 19.9. The van der Waals surface area contributed by atoms with Gasteiger partial charge in [0.1, 0.15) is 30.5 Å². The molecule has 0 bridgehead atoms. The number of alkyl carbamates (subject to hydrolysis) is 1. The number of nitrogens with zero attached hydrogens (tertiary/aromatic N) is 4. The summed E-state index contributed by atoms with van der Waals surface area (Å²) in [5.41, 5.74) is 6.96. The van der Waals surface area contributed by atoms with Gasteiger partial charge in [-0.1, -0.05) is 51.8 Å².